The maximum Gasteiger partial charge on any atom is 0.285 e. The third kappa shape index (κ3) is 3.16. The number of nitrogen functional groups attached to an aromatic ring is 1. The van der Waals surface area contributed by atoms with E-state index in [1.54, 1.807) is 0 Å². The molecule has 1 heterocycles. The maximum absolute atomic E-state index is 13.3. The van der Waals surface area contributed by atoms with E-state index in [4.69, 9.17) is 5.73 Å². The zero-order valence-corrected chi connectivity index (χ0v) is 11.9. The van der Waals surface area contributed by atoms with Gasteiger partial charge in [-0.05, 0) is 34.9 Å². The predicted molar refractivity (Wildman–Crippen MR) is 77.7 cm³/mol. The first kappa shape index (κ1) is 14.9. The SMILES string of the molecule is Cc1cscc1CNC(=O)c1cc(N)c(F)cc1[N+](=O)[O-]. The second-order valence-corrected chi connectivity index (χ2v) is 5.15. The van der Waals surface area contributed by atoms with Crippen molar-refractivity contribution < 1.29 is 14.1 Å². The number of hydrogen-bond acceptors (Lipinski definition) is 5. The molecule has 0 bridgehead atoms. The number of hydrogen-bond donors (Lipinski definition) is 2. The Morgan fingerprint density at radius 1 is 1.48 bits per heavy atom. The van der Waals surface area contributed by atoms with Gasteiger partial charge in [0.1, 0.15) is 5.56 Å². The molecule has 0 aliphatic carbocycles. The number of amides is 1. The molecule has 0 aliphatic heterocycles. The second-order valence-electron chi connectivity index (χ2n) is 4.41. The van der Waals surface area contributed by atoms with Crippen LogP contribution in [-0.4, -0.2) is 10.8 Å². The van der Waals surface area contributed by atoms with Crippen molar-refractivity contribution in [3.05, 3.63) is 55.5 Å². The number of nitrogens with one attached hydrogen (secondary N) is 1. The molecule has 1 aromatic carbocycles. The van der Waals surface area contributed by atoms with Gasteiger partial charge >= 0.3 is 0 Å². The highest BCUT2D eigenvalue weighted by Crippen LogP contribution is 2.24. The molecule has 0 aliphatic rings. The Hall–Kier alpha value is -2.48. The summed E-state index contributed by atoms with van der Waals surface area (Å²) in [5.41, 5.74) is 6.13. The molecule has 0 spiro atoms. The lowest BCUT2D eigenvalue weighted by atomic mass is 10.1. The molecule has 0 saturated carbocycles. The van der Waals surface area contributed by atoms with E-state index in [9.17, 15) is 19.3 Å². The Morgan fingerprint density at radius 2 is 2.19 bits per heavy atom. The minimum atomic E-state index is -0.924. The molecule has 0 saturated heterocycles. The normalized spacial score (nSPS) is 10.4. The number of carbonyl (C=O) groups excluding carboxylic acids is 1. The number of nitro benzene ring substituents is 1. The van der Waals surface area contributed by atoms with Crippen LogP contribution >= 0.6 is 11.3 Å². The first-order valence-corrected chi connectivity index (χ1v) is 6.87. The molecular weight excluding hydrogens is 297 g/mol. The van der Waals surface area contributed by atoms with E-state index in [0.717, 1.165) is 17.2 Å². The lowest BCUT2D eigenvalue weighted by Gasteiger charge is -2.07. The van der Waals surface area contributed by atoms with Gasteiger partial charge in [-0.2, -0.15) is 11.3 Å². The molecule has 0 atom stereocenters. The summed E-state index contributed by atoms with van der Waals surface area (Å²) in [6.07, 6.45) is 0. The lowest BCUT2D eigenvalue weighted by molar-refractivity contribution is -0.385. The van der Waals surface area contributed by atoms with Crippen LogP contribution in [0.5, 0.6) is 0 Å². The Kier molecular flexibility index (Phi) is 4.18. The molecule has 110 valence electrons. The molecule has 0 unspecified atom stereocenters. The molecule has 3 N–H and O–H groups in total. The van der Waals surface area contributed by atoms with Gasteiger partial charge in [0, 0.05) is 6.54 Å². The number of nitrogens with zero attached hydrogens (tertiary/aromatic N) is 1. The van der Waals surface area contributed by atoms with Crippen LogP contribution in [0.25, 0.3) is 0 Å². The Morgan fingerprint density at radius 3 is 2.76 bits per heavy atom. The number of carbonyl (C=O) groups is 1. The van der Waals surface area contributed by atoms with E-state index in [0.29, 0.717) is 6.07 Å². The predicted octanol–water partition coefficient (Wildman–Crippen LogP) is 2.62. The van der Waals surface area contributed by atoms with Crippen LogP contribution in [0.4, 0.5) is 15.8 Å². The quantitative estimate of drug-likeness (QED) is 0.515. The standard InChI is InChI=1S/C13H12FN3O3S/c1-7-5-21-6-8(7)4-16-13(18)9-2-11(15)10(14)3-12(9)17(19)20/h2-3,5-6H,4,15H2,1H3,(H,16,18). The fourth-order valence-corrected chi connectivity index (χ4v) is 2.61. The van der Waals surface area contributed by atoms with Crippen molar-refractivity contribution in [3.63, 3.8) is 0 Å². The highest BCUT2D eigenvalue weighted by molar-refractivity contribution is 7.08. The van der Waals surface area contributed by atoms with E-state index in [1.165, 1.54) is 11.3 Å². The fraction of sp³-hybridized carbons (Fsp3) is 0.154. The molecule has 2 rings (SSSR count). The number of rotatable bonds is 4. The van der Waals surface area contributed by atoms with Crippen molar-refractivity contribution in [3.8, 4) is 0 Å². The zero-order chi connectivity index (χ0) is 15.6. The van der Waals surface area contributed by atoms with Gasteiger partial charge < -0.3 is 11.1 Å². The van der Waals surface area contributed by atoms with Crippen LogP contribution < -0.4 is 11.1 Å². The summed E-state index contributed by atoms with van der Waals surface area (Å²) in [6, 6.07) is 1.63. The molecule has 1 amide bonds. The third-order valence-electron chi connectivity index (χ3n) is 2.96. The first-order valence-electron chi connectivity index (χ1n) is 5.93. The summed E-state index contributed by atoms with van der Waals surface area (Å²) < 4.78 is 13.3. The smallest absolute Gasteiger partial charge is 0.285 e. The summed E-state index contributed by atoms with van der Waals surface area (Å²) in [6.45, 7) is 2.14. The number of nitro groups is 1. The molecule has 0 fully saturated rings. The minimum Gasteiger partial charge on any atom is -0.396 e. The van der Waals surface area contributed by atoms with Gasteiger partial charge in [0.15, 0.2) is 5.82 Å². The van der Waals surface area contributed by atoms with E-state index in [-0.39, 0.29) is 17.8 Å². The summed E-state index contributed by atoms with van der Waals surface area (Å²) >= 11 is 1.50. The van der Waals surface area contributed by atoms with Crippen LogP contribution in [0.1, 0.15) is 21.5 Å². The summed E-state index contributed by atoms with van der Waals surface area (Å²) in [5, 5.41) is 17.3. The van der Waals surface area contributed by atoms with Crippen LogP contribution in [0.2, 0.25) is 0 Å². The Balaban J connectivity index is 2.24. The molecule has 8 heteroatoms. The summed E-state index contributed by atoms with van der Waals surface area (Å²) in [5.74, 6) is -1.59. The van der Waals surface area contributed by atoms with Gasteiger partial charge in [0.25, 0.3) is 11.6 Å². The van der Waals surface area contributed by atoms with E-state index in [1.807, 2.05) is 17.7 Å². The topological polar surface area (TPSA) is 98.3 Å². The average Bonchev–Trinajstić information content (AvgIpc) is 2.84. The molecule has 21 heavy (non-hydrogen) atoms. The molecule has 6 nitrogen and oxygen atoms in total. The van der Waals surface area contributed by atoms with Gasteiger partial charge in [-0.15, -0.1) is 0 Å². The van der Waals surface area contributed by atoms with E-state index < -0.39 is 22.3 Å². The maximum atomic E-state index is 13.3. The molecule has 0 radical (unpaired) electrons. The van der Waals surface area contributed by atoms with Gasteiger partial charge in [-0.1, -0.05) is 0 Å². The Bertz CT molecular complexity index is 715. The second kappa shape index (κ2) is 5.88. The molecular formula is C13H12FN3O3S. The van der Waals surface area contributed by atoms with Crippen molar-refractivity contribution in [2.75, 3.05) is 5.73 Å². The highest BCUT2D eigenvalue weighted by atomic mass is 32.1. The van der Waals surface area contributed by atoms with Crippen LogP contribution in [0, 0.1) is 22.9 Å². The van der Waals surface area contributed by atoms with Gasteiger partial charge in [-0.25, -0.2) is 4.39 Å². The third-order valence-corrected chi connectivity index (χ3v) is 3.87. The van der Waals surface area contributed by atoms with Crippen LogP contribution in [0.3, 0.4) is 0 Å². The average molecular weight is 309 g/mol. The van der Waals surface area contributed by atoms with Crippen LogP contribution in [-0.2, 0) is 6.54 Å². The van der Waals surface area contributed by atoms with Crippen LogP contribution in [0.15, 0.2) is 22.9 Å². The monoisotopic (exact) mass is 309 g/mol. The number of halogens is 1. The minimum absolute atomic E-state index is 0.239. The highest BCUT2D eigenvalue weighted by Gasteiger charge is 2.22. The number of thiophene rings is 1. The van der Waals surface area contributed by atoms with Gasteiger partial charge in [0.2, 0.25) is 0 Å². The molecule has 1 aromatic heterocycles. The van der Waals surface area contributed by atoms with E-state index >= 15 is 0 Å². The zero-order valence-electron chi connectivity index (χ0n) is 11.1. The molecule has 2 aromatic rings. The van der Waals surface area contributed by atoms with Crippen molar-refractivity contribution in [1.29, 1.82) is 0 Å². The summed E-state index contributed by atoms with van der Waals surface area (Å²) in [7, 11) is 0. The van der Waals surface area contributed by atoms with Gasteiger partial charge in [0.05, 0.1) is 16.7 Å². The number of anilines is 1. The number of aryl methyl sites for hydroxylation is 1. The Labute approximate surface area is 123 Å². The van der Waals surface area contributed by atoms with Crippen molar-refractivity contribution in [1.82, 2.24) is 5.32 Å². The fourth-order valence-electron chi connectivity index (χ4n) is 1.75. The van der Waals surface area contributed by atoms with E-state index in [2.05, 4.69) is 5.32 Å². The van der Waals surface area contributed by atoms with Crippen molar-refractivity contribution in [2.24, 2.45) is 0 Å². The first-order chi connectivity index (χ1) is 9.90. The largest absolute Gasteiger partial charge is 0.396 e. The number of nitrogens with two attached hydrogens (primary N) is 1. The number of benzene rings is 1. The van der Waals surface area contributed by atoms with Gasteiger partial charge in [-0.3, -0.25) is 14.9 Å². The van der Waals surface area contributed by atoms with Crippen molar-refractivity contribution in [2.45, 2.75) is 13.5 Å². The lowest BCUT2D eigenvalue weighted by Crippen LogP contribution is -2.24. The van der Waals surface area contributed by atoms with Crippen molar-refractivity contribution >= 4 is 28.6 Å². The summed E-state index contributed by atoms with van der Waals surface area (Å²) in [4.78, 5) is 22.1.